The Morgan fingerprint density at radius 1 is 0.900 bits per heavy atom. The van der Waals surface area contributed by atoms with Gasteiger partial charge in [-0.3, -0.25) is 0 Å². The second kappa shape index (κ2) is 4.03. The van der Waals surface area contributed by atoms with E-state index in [1.165, 1.54) is 0 Å². The summed E-state index contributed by atoms with van der Waals surface area (Å²) in [6, 6.07) is 0. The van der Waals surface area contributed by atoms with Gasteiger partial charge in [-0.2, -0.15) is 0 Å². The molecule has 8 atom stereocenters. The van der Waals surface area contributed by atoms with E-state index in [-0.39, 0.29) is 39.1 Å². The highest BCUT2D eigenvalue weighted by atomic mass is 35.5. The van der Waals surface area contributed by atoms with Crippen LogP contribution < -0.4 is 0 Å². The topological polar surface area (TPSA) is 20.2 Å². The van der Waals surface area contributed by atoms with Crippen LogP contribution in [0.25, 0.3) is 0 Å². The normalized spacial score (nSPS) is 62.4. The molecule has 4 aliphatic carbocycles. The zero-order valence-corrected chi connectivity index (χ0v) is 15.1. The average Bonchev–Trinajstić information content (AvgIpc) is 2.97. The van der Waals surface area contributed by atoms with Gasteiger partial charge in [0.2, 0.25) is 0 Å². The molecule has 0 spiro atoms. The summed E-state index contributed by atoms with van der Waals surface area (Å²) < 4.78 is -1.52. The number of alkyl halides is 5. The van der Waals surface area contributed by atoms with E-state index in [2.05, 4.69) is 0 Å². The highest BCUT2D eigenvalue weighted by Gasteiger charge is 2.87. The fraction of sp³-hybridized carbons (Fsp3) is 0.833. The summed E-state index contributed by atoms with van der Waals surface area (Å²) in [6.45, 7) is 0. The van der Waals surface area contributed by atoms with Crippen LogP contribution in [-0.2, 0) is 0 Å². The number of aliphatic hydroxyl groups excluding tert-OH is 1. The Morgan fingerprint density at radius 3 is 1.85 bits per heavy atom. The number of hydrogen-bond donors (Lipinski definition) is 1. The molecule has 0 radical (unpaired) electrons. The lowest BCUT2D eigenvalue weighted by atomic mass is 9.71. The summed E-state index contributed by atoms with van der Waals surface area (Å²) in [6.07, 6.45) is 0.0942. The molecule has 0 amide bonds. The van der Waals surface area contributed by atoms with E-state index < -0.39 is 20.2 Å². The molecular formula is C12H9Cl7O. The smallest absolute Gasteiger partial charge is 0.166 e. The molecule has 0 saturated heterocycles. The van der Waals surface area contributed by atoms with Gasteiger partial charge < -0.3 is 5.11 Å². The van der Waals surface area contributed by atoms with Crippen molar-refractivity contribution in [3.8, 4) is 0 Å². The van der Waals surface area contributed by atoms with Crippen LogP contribution in [-0.4, -0.2) is 30.7 Å². The minimum atomic E-state index is -1.52. The lowest BCUT2D eigenvalue weighted by molar-refractivity contribution is 0.0567. The van der Waals surface area contributed by atoms with Crippen molar-refractivity contribution in [2.75, 3.05) is 0 Å². The van der Waals surface area contributed by atoms with Gasteiger partial charge >= 0.3 is 0 Å². The van der Waals surface area contributed by atoms with E-state index in [0.717, 1.165) is 6.42 Å². The summed E-state index contributed by atoms with van der Waals surface area (Å²) in [5, 5.41) is 10.3. The summed E-state index contributed by atoms with van der Waals surface area (Å²) in [7, 11) is 0. The Labute approximate surface area is 151 Å². The first kappa shape index (κ1) is 15.3. The molecule has 4 bridgehead atoms. The second-order valence-electron chi connectivity index (χ2n) is 6.18. The lowest BCUT2D eigenvalue weighted by Crippen LogP contribution is -2.48. The molecule has 0 aromatic rings. The van der Waals surface area contributed by atoms with Gasteiger partial charge in [-0.05, 0) is 30.1 Å². The molecular weight excluding hydrogens is 408 g/mol. The van der Waals surface area contributed by atoms with Crippen LogP contribution in [0.3, 0.4) is 0 Å². The van der Waals surface area contributed by atoms with Gasteiger partial charge in [0.25, 0.3) is 0 Å². The summed E-state index contributed by atoms with van der Waals surface area (Å²) in [5.41, 5.74) is 0. The predicted octanol–water partition coefficient (Wildman–Crippen LogP) is 4.68. The van der Waals surface area contributed by atoms with E-state index >= 15 is 0 Å². The summed E-state index contributed by atoms with van der Waals surface area (Å²) >= 11 is 45.5. The first-order valence-electron chi connectivity index (χ1n) is 6.25. The second-order valence-corrected chi connectivity index (χ2v) is 9.96. The Bertz CT molecular complexity index is 504. The Hall–Kier alpha value is 1.73. The molecule has 112 valence electrons. The van der Waals surface area contributed by atoms with Gasteiger partial charge in [0, 0.05) is 0 Å². The number of halogens is 7. The minimum absolute atomic E-state index is 0.0183. The molecule has 3 saturated carbocycles. The lowest BCUT2D eigenvalue weighted by Gasteiger charge is -2.42. The van der Waals surface area contributed by atoms with Gasteiger partial charge in [0.05, 0.1) is 21.5 Å². The maximum Gasteiger partial charge on any atom is 0.166 e. The van der Waals surface area contributed by atoms with Crippen molar-refractivity contribution in [3.63, 3.8) is 0 Å². The molecule has 4 aliphatic rings. The van der Waals surface area contributed by atoms with Crippen molar-refractivity contribution in [2.45, 2.75) is 32.0 Å². The van der Waals surface area contributed by atoms with Gasteiger partial charge in [0.1, 0.15) is 9.75 Å². The van der Waals surface area contributed by atoms with Gasteiger partial charge in [-0.15, -0.1) is 34.8 Å². The van der Waals surface area contributed by atoms with E-state index in [0.29, 0.717) is 0 Å². The van der Waals surface area contributed by atoms with Crippen molar-refractivity contribution < 1.29 is 5.11 Å². The molecule has 0 aliphatic heterocycles. The molecule has 1 nitrogen and oxygen atoms in total. The van der Waals surface area contributed by atoms with E-state index in [4.69, 9.17) is 81.2 Å². The van der Waals surface area contributed by atoms with Crippen LogP contribution in [0.15, 0.2) is 10.1 Å². The number of aliphatic hydroxyl groups is 1. The maximum atomic E-state index is 10.3. The zero-order valence-electron chi connectivity index (χ0n) is 9.76. The van der Waals surface area contributed by atoms with Crippen LogP contribution in [0.1, 0.15) is 6.42 Å². The van der Waals surface area contributed by atoms with Crippen LogP contribution in [0.2, 0.25) is 0 Å². The van der Waals surface area contributed by atoms with Crippen molar-refractivity contribution in [3.05, 3.63) is 10.1 Å². The molecule has 0 aromatic heterocycles. The molecule has 4 rings (SSSR count). The molecule has 3 fully saturated rings. The van der Waals surface area contributed by atoms with Crippen molar-refractivity contribution in [2.24, 2.45) is 23.7 Å². The van der Waals surface area contributed by atoms with Crippen LogP contribution in [0.4, 0.5) is 0 Å². The Balaban J connectivity index is 1.98. The van der Waals surface area contributed by atoms with E-state index in [9.17, 15) is 5.11 Å². The molecule has 8 heteroatoms. The molecule has 1 N–H and O–H groups in total. The average molecular weight is 417 g/mol. The quantitative estimate of drug-likeness (QED) is 0.448. The molecule has 0 unspecified atom stereocenters. The van der Waals surface area contributed by atoms with Crippen LogP contribution in [0.5, 0.6) is 0 Å². The molecule has 0 heterocycles. The first-order chi connectivity index (χ1) is 9.11. The van der Waals surface area contributed by atoms with E-state index in [1.807, 2.05) is 0 Å². The highest BCUT2D eigenvalue weighted by Crippen LogP contribution is 2.82. The van der Waals surface area contributed by atoms with Crippen molar-refractivity contribution >= 4 is 81.2 Å². The maximum absolute atomic E-state index is 10.3. The standard InChI is InChI=1S/C12H9Cl7O/c13-6-2-1-3(7(6)20)5-4(2)10(16)8(14)9(15)11(5,17)12(10,18)19/h2-7,20H,1H2/t2-,3+,4+,5-,6+,7+,10+,11-/m1/s1. The third-order valence-corrected chi connectivity index (χ3v) is 10.6. The summed E-state index contributed by atoms with van der Waals surface area (Å²) in [4.78, 5) is -2.51. The van der Waals surface area contributed by atoms with Crippen LogP contribution >= 0.6 is 81.2 Å². The summed E-state index contributed by atoms with van der Waals surface area (Å²) in [5.74, 6) is -0.527. The third kappa shape index (κ3) is 1.21. The van der Waals surface area contributed by atoms with Crippen molar-refractivity contribution in [1.82, 2.24) is 0 Å². The minimum Gasteiger partial charge on any atom is -0.391 e. The zero-order chi connectivity index (χ0) is 14.8. The number of fused-ring (bicyclic) bond motifs is 9. The van der Waals surface area contributed by atoms with Gasteiger partial charge in [-0.1, -0.05) is 46.4 Å². The van der Waals surface area contributed by atoms with Crippen LogP contribution in [0, 0.1) is 23.7 Å². The predicted molar refractivity (Wildman–Crippen MR) is 84.6 cm³/mol. The van der Waals surface area contributed by atoms with Gasteiger partial charge in [0.15, 0.2) is 4.33 Å². The van der Waals surface area contributed by atoms with E-state index in [1.54, 1.807) is 0 Å². The number of hydrogen-bond acceptors (Lipinski definition) is 1. The highest BCUT2D eigenvalue weighted by molar-refractivity contribution is 6.65. The van der Waals surface area contributed by atoms with Gasteiger partial charge in [-0.25, -0.2) is 0 Å². The first-order valence-corrected chi connectivity index (χ1v) is 8.96. The Kier molecular flexibility index (Phi) is 3.08. The third-order valence-electron chi connectivity index (χ3n) is 5.69. The van der Waals surface area contributed by atoms with Crippen molar-refractivity contribution in [1.29, 1.82) is 0 Å². The fourth-order valence-corrected chi connectivity index (χ4v) is 8.55. The Morgan fingerprint density at radius 2 is 1.35 bits per heavy atom. The largest absolute Gasteiger partial charge is 0.391 e. The monoisotopic (exact) mass is 414 g/mol. The number of allylic oxidation sites excluding steroid dienone is 2. The fourth-order valence-electron chi connectivity index (χ4n) is 4.97. The molecule has 0 aromatic carbocycles. The number of rotatable bonds is 0. The SMILES string of the molecule is O[C@@H]1[C@@H](Cl)[C@@H]2C[C@H]1[C@@H]1[C@H]2[C@]2(Cl)C(Cl)=C(Cl)[C@@]1(Cl)C2(Cl)Cl. The molecule has 20 heavy (non-hydrogen) atoms.